The van der Waals surface area contributed by atoms with Crippen LogP contribution in [0.4, 0.5) is 0 Å². The zero-order valence-corrected chi connectivity index (χ0v) is 17.1. The van der Waals surface area contributed by atoms with E-state index in [4.69, 9.17) is 15.0 Å². The average Bonchev–Trinajstić information content (AvgIpc) is 3.09. The summed E-state index contributed by atoms with van der Waals surface area (Å²) in [5, 5.41) is 0.546. The van der Waals surface area contributed by atoms with E-state index in [1.54, 1.807) is 10.9 Å². The number of hydrogen-bond acceptors (Lipinski definition) is 4. The van der Waals surface area contributed by atoms with Crippen LogP contribution in [0.5, 0.6) is 0 Å². The summed E-state index contributed by atoms with van der Waals surface area (Å²) in [5.74, 6) is 0. The number of aryl methyl sites for hydroxylation is 1. The van der Waals surface area contributed by atoms with Gasteiger partial charge in [-0.25, -0.2) is 15.0 Å². The van der Waals surface area contributed by atoms with Crippen molar-refractivity contribution in [3.8, 4) is 0 Å². The van der Waals surface area contributed by atoms with E-state index in [-0.39, 0.29) is 11.6 Å². The van der Waals surface area contributed by atoms with Gasteiger partial charge in [-0.2, -0.15) is 0 Å². The molecule has 5 rings (SSSR count). The van der Waals surface area contributed by atoms with E-state index in [1.807, 2.05) is 66.1 Å². The second-order valence-electron chi connectivity index (χ2n) is 7.63. The molecule has 0 spiro atoms. The summed E-state index contributed by atoms with van der Waals surface area (Å²) in [4.78, 5) is 28.0. The van der Waals surface area contributed by atoms with E-state index in [1.165, 1.54) is 0 Å². The number of aromatic nitrogens is 5. The maximum absolute atomic E-state index is 13.6. The fourth-order valence-corrected chi connectivity index (χ4v) is 4.01. The normalized spacial score (nSPS) is 12.7. The predicted octanol–water partition coefficient (Wildman–Crippen LogP) is 4.70. The number of para-hydroxylation sites is 2. The van der Waals surface area contributed by atoms with Crippen molar-refractivity contribution in [1.29, 1.82) is 0 Å². The first-order valence-electron chi connectivity index (χ1n) is 10.4. The summed E-state index contributed by atoms with van der Waals surface area (Å²) in [5.41, 5.74) is 4.61. The molecule has 0 N–H and O–H groups in total. The third-order valence-corrected chi connectivity index (χ3v) is 5.71. The minimum Gasteiger partial charge on any atom is -0.308 e. The van der Waals surface area contributed by atoms with E-state index in [0.29, 0.717) is 16.6 Å². The van der Waals surface area contributed by atoms with Gasteiger partial charge in [0.2, 0.25) is 0 Å². The van der Waals surface area contributed by atoms with Crippen LogP contribution in [-0.2, 0) is 6.54 Å². The number of fused-ring (bicyclic) bond motifs is 4. The minimum atomic E-state index is -0.127. The molecule has 3 heterocycles. The van der Waals surface area contributed by atoms with Crippen LogP contribution in [0, 0.1) is 0 Å². The van der Waals surface area contributed by atoms with E-state index in [0.717, 1.165) is 41.6 Å². The van der Waals surface area contributed by atoms with Crippen LogP contribution < -0.4 is 5.56 Å². The van der Waals surface area contributed by atoms with Crippen molar-refractivity contribution in [2.75, 3.05) is 0 Å². The molecule has 0 radical (unpaired) electrons. The molecule has 30 heavy (non-hydrogen) atoms. The maximum atomic E-state index is 13.6. The average molecular weight is 397 g/mol. The van der Waals surface area contributed by atoms with Crippen LogP contribution in [0.2, 0.25) is 0 Å². The molecule has 150 valence electrons. The van der Waals surface area contributed by atoms with Crippen LogP contribution in [0.1, 0.15) is 38.3 Å². The molecule has 0 fully saturated rings. The van der Waals surface area contributed by atoms with E-state index >= 15 is 0 Å². The van der Waals surface area contributed by atoms with Gasteiger partial charge in [0.15, 0.2) is 11.3 Å². The van der Waals surface area contributed by atoms with Gasteiger partial charge in [0.1, 0.15) is 17.2 Å². The number of unbranched alkanes of at least 4 members (excludes halogenated alkanes) is 1. The number of benzene rings is 2. The third-order valence-electron chi connectivity index (χ3n) is 5.71. The van der Waals surface area contributed by atoms with Gasteiger partial charge in [-0.15, -0.1) is 0 Å². The minimum absolute atomic E-state index is 0.0822. The standard InChI is InChI=1S/C24H23N5O/c1-3-4-14-28-22-20(21-23(28)27-19-13-9-8-12-18(19)26-21)24(30)29(15-25-22)16(2)17-10-6-5-7-11-17/h5-13,15-16H,3-4,14H2,1-2H3/t16-/m1/s1. The zero-order chi connectivity index (χ0) is 20.7. The Labute approximate surface area is 173 Å². The maximum Gasteiger partial charge on any atom is 0.265 e. The highest BCUT2D eigenvalue weighted by Crippen LogP contribution is 2.26. The highest BCUT2D eigenvalue weighted by Gasteiger charge is 2.21. The first-order valence-corrected chi connectivity index (χ1v) is 10.4. The van der Waals surface area contributed by atoms with Gasteiger partial charge >= 0.3 is 0 Å². The molecule has 2 aromatic carbocycles. The van der Waals surface area contributed by atoms with Crippen molar-refractivity contribution in [3.05, 3.63) is 76.8 Å². The van der Waals surface area contributed by atoms with Gasteiger partial charge in [-0.3, -0.25) is 9.36 Å². The van der Waals surface area contributed by atoms with Crippen LogP contribution in [-0.4, -0.2) is 24.1 Å². The topological polar surface area (TPSA) is 65.6 Å². The van der Waals surface area contributed by atoms with Gasteiger partial charge in [0, 0.05) is 6.54 Å². The molecule has 6 heteroatoms. The van der Waals surface area contributed by atoms with Crippen molar-refractivity contribution in [2.45, 2.75) is 39.3 Å². The van der Waals surface area contributed by atoms with Crippen molar-refractivity contribution in [2.24, 2.45) is 0 Å². The molecule has 0 aliphatic carbocycles. The zero-order valence-electron chi connectivity index (χ0n) is 17.1. The summed E-state index contributed by atoms with van der Waals surface area (Å²) >= 11 is 0. The molecule has 0 amide bonds. The molecule has 0 saturated heterocycles. The third kappa shape index (κ3) is 2.87. The molecule has 3 aromatic heterocycles. The largest absolute Gasteiger partial charge is 0.308 e. The van der Waals surface area contributed by atoms with E-state index in [9.17, 15) is 4.79 Å². The molecule has 0 aliphatic heterocycles. The van der Waals surface area contributed by atoms with Crippen molar-refractivity contribution in [1.82, 2.24) is 24.1 Å². The highest BCUT2D eigenvalue weighted by molar-refractivity contribution is 6.04. The molecular weight excluding hydrogens is 374 g/mol. The Morgan fingerprint density at radius 1 is 0.933 bits per heavy atom. The predicted molar refractivity (Wildman–Crippen MR) is 120 cm³/mol. The van der Waals surface area contributed by atoms with Gasteiger partial charge in [-0.05, 0) is 31.0 Å². The Morgan fingerprint density at radius 3 is 2.37 bits per heavy atom. The summed E-state index contributed by atoms with van der Waals surface area (Å²) in [6.07, 6.45) is 3.69. The second-order valence-corrected chi connectivity index (χ2v) is 7.63. The molecular formula is C24H23N5O. The fourth-order valence-electron chi connectivity index (χ4n) is 4.01. The number of hydrogen-bond donors (Lipinski definition) is 0. The monoisotopic (exact) mass is 397 g/mol. The summed E-state index contributed by atoms with van der Waals surface area (Å²) in [6.45, 7) is 4.92. The summed E-state index contributed by atoms with van der Waals surface area (Å²) < 4.78 is 3.74. The summed E-state index contributed by atoms with van der Waals surface area (Å²) in [7, 11) is 0. The van der Waals surface area contributed by atoms with Crippen LogP contribution in [0.25, 0.3) is 33.2 Å². The number of nitrogens with zero attached hydrogens (tertiary/aromatic N) is 5. The number of rotatable bonds is 5. The van der Waals surface area contributed by atoms with Gasteiger partial charge < -0.3 is 4.57 Å². The molecule has 5 aromatic rings. The lowest BCUT2D eigenvalue weighted by molar-refractivity contribution is 0.605. The lowest BCUT2D eigenvalue weighted by Crippen LogP contribution is -2.24. The highest BCUT2D eigenvalue weighted by atomic mass is 16.1. The van der Waals surface area contributed by atoms with Crippen LogP contribution >= 0.6 is 0 Å². The van der Waals surface area contributed by atoms with Gasteiger partial charge in [0.05, 0.1) is 17.1 Å². The van der Waals surface area contributed by atoms with E-state index < -0.39 is 0 Å². The summed E-state index contributed by atoms with van der Waals surface area (Å²) in [6, 6.07) is 17.6. The fraction of sp³-hybridized carbons (Fsp3) is 0.250. The molecule has 6 nitrogen and oxygen atoms in total. The molecule has 0 aliphatic rings. The molecule has 0 saturated carbocycles. The Bertz CT molecular complexity index is 1420. The Hall–Kier alpha value is -3.54. The van der Waals surface area contributed by atoms with Crippen molar-refractivity contribution in [3.63, 3.8) is 0 Å². The molecule has 0 bridgehead atoms. The van der Waals surface area contributed by atoms with Crippen molar-refractivity contribution >= 4 is 33.2 Å². The van der Waals surface area contributed by atoms with Crippen LogP contribution in [0.3, 0.4) is 0 Å². The Balaban J connectivity index is 1.82. The van der Waals surface area contributed by atoms with Gasteiger partial charge in [-0.1, -0.05) is 55.8 Å². The van der Waals surface area contributed by atoms with Gasteiger partial charge in [0.25, 0.3) is 5.56 Å². The van der Waals surface area contributed by atoms with Crippen LogP contribution in [0.15, 0.2) is 65.7 Å². The van der Waals surface area contributed by atoms with Crippen molar-refractivity contribution < 1.29 is 0 Å². The molecule has 0 unspecified atom stereocenters. The Morgan fingerprint density at radius 2 is 1.63 bits per heavy atom. The second kappa shape index (κ2) is 7.37. The lowest BCUT2D eigenvalue weighted by Gasteiger charge is -2.15. The molecule has 1 atom stereocenters. The van der Waals surface area contributed by atoms with E-state index in [2.05, 4.69) is 6.92 Å². The Kier molecular flexibility index (Phi) is 4.54. The first-order chi connectivity index (χ1) is 14.7. The lowest BCUT2D eigenvalue weighted by atomic mass is 10.1. The SMILES string of the molecule is CCCCn1c2nc3ccccc3nc2c2c(=O)n([C@H](C)c3ccccc3)cnc21. The quantitative estimate of drug-likeness (QED) is 0.431. The first kappa shape index (κ1) is 18.5. The smallest absolute Gasteiger partial charge is 0.265 e.